The van der Waals surface area contributed by atoms with Gasteiger partial charge in [0.2, 0.25) is 5.91 Å². The fourth-order valence-corrected chi connectivity index (χ4v) is 1.23. The molecule has 1 rings (SSSR count). The van der Waals surface area contributed by atoms with Crippen molar-refractivity contribution in [2.24, 2.45) is 0 Å². The zero-order valence-corrected chi connectivity index (χ0v) is 9.58. The molecule has 0 saturated carbocycles. The number of carbonyl (C=O) groups excluding carboxylic acids is 2. The largest absolute Gasteiger partial charge is 0.462 e. The van der Waals surface area contributed by atoms with E-state index in [0.717, 1.165) is 0 Å². The van der Waals surface area contributed by atoms with Crippen LogP contribution in [0.3, 0.4) is 0 Å². The maximum absolute atomic E-state index is 11.5. The highest BCUT2D eigenvalue weighted by molar-refractivity contribution is 6.29. The molecule has 5 heteroatoms. The first kappa shape index (κ1) is 12.5. The van der Waals surface area contributed by atoms with Crippen LogP contribution in [0, 0.1) is 0 Å². The summed E-state index contributed by atoms with van der Waals surface area (Å²) < 4.78 is 4.86. The molecule has 0 heterocycles. The molecule has 4 nitrogen and oxygen atoms in total. The first-order valence-electron chi connectivity index (χ1n) is 4.81. The number of esters is 1. The Bertz CT molecular complexity index is 393. The highest BCUT2D eigenvalue weighted by Gasteiger charge is 2.12. The van der Waals surface area contributed by atoms with Crippen molar-refractivity contribution in [2.45, 2.75) is 6.92 Å². The molecule has 1 N–H and O–H groups in total. The van der Waals surface area contributed by atoms with E-state index in [9.17, 15) is 9.59 Å². The van der Waals surface area contributed by atoms with Crippen molar-refractivity contribution < 1.29 is 14.3 Å². The third kappa shape index (κ3) is 3.24. The van der Waals surface area contributed by atoms with E-state index in [2.05, 4.69) is 5.32 Å². The predicted molar refractivity (Wildman–Crippen MR) is 61.7 cm³/mol. The Balaban J connectivity index is 2.91. The minimum absolute atomic E-state index is 0.156. The van der Waals surface area contributed by atoms with Crippen LogP contribution in [0.2, 0.25) is 0 Å². The summed E-state index contributed by atoms with van der Waals surface area (Å²) in [6.45, 7) is 2.01. The topological polar surface area (TPSA) is 55.4 Å². The molecular formula is C11H12ClNO3. The number of anilines is 1. The molecule has 0 saturated heterocycles. The lowest BCUT2D eigenvalue weighted by Gasteiger charge is -2.08. The van der Waals surface area contributed by atoms with E-state index >= 15 is 0 Å². The number of carbonyl (C=O) groups is 2. The lowest BCUT2D eigenvalue weighted by molar-refractivity contribution is -0.113. The molecule has 1 aromatic rings. The van der Waals surface area contributed by atoms with Crippen LogP contribution in [0.25, 0.3) is 0 Å². The van der Waals surface area contributed by atoms with Crippen LogP contribution >= 0.6 is 11.6 Å². The number of alkyl halides is 1. The highest BCUT2D eigenvalue weighted by Crippen LogP contribution is 2.16. The van der Waals surface area contributed by atoms with Gasteiger partial charge < -0.3 is 10.1 Å². The number of nitrogens with one attached hydrogen (secondary N) is 1. The second kappa shape index (κ2) is 6.12. The summed E-state index contributed by atoms with van der Waals surface area (Å²) >= 11 is 5.37. The van der Waals surface area contributed by atoms with Gasteiger partial charge in [0.25, 0.3) is 0 Å². The van der Waals surface area contributed by atoms with Crippen LogP contribution in [0.5, 0.6) is 0 Å². The van der Waals surface area contributed by atoms with Gasteiger partial charge >= 0.3 is 5.97 Å². The van der Waals surface area contributed by atoms with Gasteiger partial charge in [-0.05, 0) is 19.1 Å². The molecule has 0 bridgehead atoms. The minimum atomic E-state index is -0.465. The molecule has 0 aliphatic heterocycles. The average Bonchev–Trinajstić information content (AvgIpc) is 2.30. The Morgan fingerprint density at radius 3 is 2.69 bits per heavy atom. The normalized spacial score (nSPS) is 9.62. The van der Waals surface area contributed by atoms with E-state index < -0.39 is 5.97 Å². The zero-order chi connectivity index (χ0) is 12.0. The molecule has 1 aromatic carbocycles. The van der Waals surface area contributed by atoms with Gasteiger partial charge in [-0.15, -0.1) is 11.6 Å². The van der Waals surface area contributed by atoms with Crippen LogP contribution in [0.1, 0.15) is 17.3 Å². The van der Waals surface area contributed by atoms with Gasteiger partial charge in [0.15, 0.2) is 0 Å². The number of para-hydroxylation sites is 1. The lowest BCUT2D eigenvalue weighted by atomic mass is 10.2. The smallest absolute Gasteiger partial charge is 0.340 e. The number of hydrogen-bond donors (Lipinski definition) is 1. The van der Waals surface area contributed by atoms with Crippen LogP contribution in [0.15, 0.2) is 24.3 Å². The Morgan fingerprint density at radius 2 is 2.06 bits per heavy atom. The Kier molecular flexibility index (Phi) is 4.79. The van der Waals surface area contributed by atoms with E-state index in [4.69, 9.17) is 16.3 Å². The summed E-state index contributed by atoms with van der Waals surface area (Å²) in [4.78, 5) is 22.6. The first-order chi connectivity index (χ1) is 7.69. The van der Waals surface area contributed by atoms with E-state index in [-0.39, 0.29) is 18.4 Å². The molecule has 0 atom stereocenters. The van der Waals surface area contributed by atoms with Crippen molar-refractivity contribution in [1.82, 2.24) is 0 Å². The molecule has 0 aliphatic rings. The molecule has 0 aliphatic carbocycles. The average molecular weight is 242 g/mol. The van der Waals surface area contributed by atoms with Crippen LogP contribution in [-0.4, -0.2) is 24.4 Å². The van der Waals surface area contributed by atoms with Gasteiger partial charge in [0.05, 0.1) is 17.9 Å². The second-order valence-corrected chi connectivity index (χ2v) is 3.22. The van der Waals surface area contributed by atoms with Crippen molar-refractivity contribution in [1.29, 1.82) is 0 Å². The summed E-state index contributed by atoms with van der Waals surface area (Å²) in [7, 11) is 0. The first-order valence-corrected chi connectivity index (χ1v) is 5.34. The van der Waals surface area contributed by atoms with Crippen molar-refractivity contribution in [3.05, 3.63) is 29.8 Å². The highest BCUT2D eigenvalue weighted by atomic mass is 35.5. The summed E-state index contributed by atoms with van der Waals surface area (Å²) in [6.07, 6.45) is 0. The minimum Gasteiger partial charge on any atom is -0.462 e. The third-order valence-corrected chi connectivity index (χ3v) is 2.06. The van der Waals surface area contributed by atoms with Crippen molar-refractivity contribution in [2.75, 3.05) is 17.8 Å². The molecule has 0 aromatic heterocycles. The summed E-state index contributed by atoms with van der Waals surface area (Å²) in [5, 5.41) is 2.53. The summed E-state index contributed by atoms with van der Waals surface area (Å²) in [5.74, 6) is -0.983. The molecule has 16 heavy (non-hydrogen) atoms. The van der Waals surface area contributed by atoms with Crippen molar-refractivity contribution in [3.63, 3.8) is 0 Å². The van der Waals surface area contributed by atoms with Gasteiger partial charge in [-0.1, -0.05) is 12.1 Å². The van der Waals surface area contributed by atoms with E-state index in [1.54, 1.807) is 31.2 Å². The predicted octanol–water partition coefficient (Wildman–Crippen LogP) is 2.04. The monoisotopic (exact) mass is 241 g/mol. The molecule has 0 radical (unpaired) electrons. The van der Waals surface area contributed by atoms with E-state index in [1.165, 1.54) is 0 Å². The molecule has 0 fully saturated rings. The number of hydrogen-bond acceptors (Lipinski definition) is 3. The maximum Gasteiger partial charge on any atom is 0.340 e. The van der Waals surface area contributed by atoms with Gasteiger partial charge in [-0.25, -0.2) is 4.79 Å². The molecule has 0 unspecified atom stereocenters. The van der Waals surface area contributed by atoms with Gasteiger partial charge in [-0.3, -0.25) is 4.79 Å². The Hall–Kier alpha value is -1.55. The molecule has 0 spiro atoms. The number of ether oxygens (including phenoxy) is 1. The molecular weight excluding hydrogens is 230 g/mol. The fraction of sp³-hybridized carbons (Fsp3) is 0.273. The number of amides is 1. The fourth-order valence-electron chi connectivity index (χ4n) is 1.16. The van der Waals surface area contributed by atoms with Crippen molar-refractivity contribution >= 4 is 29.2 Å². The van der Waals surface area contributed by atoms with E-state index in [0.29, 0.717) is 11.3 Å². The van der Waals surface area contributed by atoms with Crippen LogP contribution in [-0.2, 0) is 9.53 Å². The Labute approximate surface area is 98.5 Å². The number of halogens is 1. The number of benzene rings is 1. The van der Waals surface area contributed by atoms with Crippen LogP contribution in [0.4, 0.5) is 5.69 Å². The molecule has 1 amide bonds. The van der Waals surface area contributed by atoms with Gasteiger partial charge in [0.1, 0.15) is 5.88 Å². The summed E-state index contributed by atoms with van der Waals surface area (Å²) in [5.41, 5.74) is 0.731. The quantitative estimate of drug-likeness (QED) is 0.648. The second-order valence-electron chi connectivity index (χ2n) is 2.95. The SMILES string of the molecule is CCOC(=O)c1ccccc1NC(=O)CCl. The summed E-state index contributed by atoms with van der Waals surface area (Å²) in [6, 6.07) is 6.62. The van der Waals surface area contributed by atoms with E-state index in [1.807, 2.05) is 0 Å². The van der Waals surface area contributed by atoms with Gasteiger partial charge in [0, 0.05) is 0 Å². The third-order valence-electron chi connectivity index (χ3n) is 1.82. The molecule has 86 valence electrons. The number of rotatable bonds is 4. The van der Waals surface area contributed by atoms with Crippen molar-refractivity contribution in [3.8, 4) is 0 Å². The van der Waals surface area contributed by atoms with Gasteiger partial charge in [-0.2, -0.15) is 0 Å². The lowest BCUT2D eigenvalue weighted by Crippen LogP contribution is -2.16. The zero-order valence-electron chi connectivity index (χ0n) is 8.83. The Morgan fingerprint density at radius 1 is 1.38 bits per heavy atom. The van der Waals surface area contributed by atoms with Crippen LogP contribution < -0.4 is 5.32 Å². The standard InChI is InChI=1S/C11H12ClNO3/c1-2-16-11(15)8-5-3-4-6-9(8)13-10(14)7-12/h3-6H,2,7H2,1H3,(H,13,14). The maximum atomic E-state index is 11.5.